The van der Waals surface area contributed by atoms with Gasteiger partial charge in [0.25, 0.3) is 11.8 Å². The third kappa shape index (κ3) is 7.60. The van der Waals surface area contributed by atoms with E-state index < -0.39 is 23.4 Å². The Hall–Kier alpha value is -2.84. The summed E-state index contributed by atoms with van der Waals surface area (Å²) in [5.74, 6) is -1.37. The third-order valence-electron chi connectivity index (χ3n) is 5.93. The van der Waals surface area contributed by atoms with E-state index in [0.717, 1.165) is 30.6 Å². The highest BCUT2D eigenvalue weighted by Gasteiger charge is 2.39. The molecule has 2 saturated heterocycles. The summed E-state index contributed by atoms with van der Waals surface area (Å²) in [6.07, 6.45) is 11.0. The molecular weight excluding hydrogens is 438 g/mol. The van der Waals surface area contributed by atoms with Crippen LogP contribution < -0.4 is 5.32 Å². The molecule has 9 heteroatoms. The first-order valence-electron chi connectivity index (χ1n) is 12.4. The van der Waals surface area contributed by atoms with Crippen molar-refractivity contribution in [2.24, 2.45) is 0 Å². The maximum Gasteiger partial charge on any atom is 0.331 e. The van der Waals surface area contributed by atoms with Crippen LogP contribution in [-0.2, 0) is 23.9 Å². The molecule has 34 heavy (non-hydrogen) atoms. The molecule has 2 heterocycles. The molecule has 0 aromatic rings. The summed E-state index contributed by atoms with van der Waals surface area (Å²) in [6.45, 7) is 8.96. The summed E-state index contributed by atoms with van der Waals surface area (Å²) >= 11 is 0. The lowest BCUT2D eigenvalue weighted by molar-refractivity contribution is -0.145. The van der Waals surface area contributed by atoms with Gasteiger partial charge in [-0.1, -0.05) is 52.4 Å². The van der Waals surface area contributed by atoms with E-state index in [1.165, 1.54) is 31.4 Å². The number of hydrogen-bond donors (Lipinski definition) is 1. The Balaban J connectivity index is 2.01. The van der Waals surface area contributed by atoms with Gasteiger partial charge >= 0.3 is 12.0 Å². The zero-order valence-electron chi connectivity index (χ0n) is 21.0. The van der Waals surface area contributed by atoms with Gasteiger partial charge in [-0.05, 0) is 38.8 Å². The number of carbonyl (C=O) groups excluding carboxylic acids is 4. The molecule has 2 rings (SSSR count). The topological polar surface area (TPSA) is 105 Å². The van der Waals surface area contributed by atoms with Crippen LogP contribution in [0.2, 0.25) is 0 Å². The van der Waals surface area contributed by atoms with E-state index in [1.807, 2.05) is 20.8 Å². The minimum atomic E-state index is -0.748. The number of imide groups is 2. The predicted molar refractivity (Wildman–Crippen MR) is 127 cm³/mol. The molecule has 9 nitrogen and oxygen atoms in total. The summed E-state index contributed by atoms with van der Waals surface area (Å²) < 4.78 is 11.2. The van der Waals surface area contributed by atoms with Gasteiger partial charge in [-0.25, -0.2) is 4.79 Å². The normalized spacial score (nSPS) is 20.2. The predicted octanol–water partition coefficient (Wildman–Crippen LogP) is 3.65. The number of hydrogen-bond acceptors (Lipinski definition) is 7. The van der Waals surface area contributed by atoms with Gasteiger partial charge in [0, 0.05) is 6.54 Å². The molecule has 2 aliphatic rings. The van der Waals surface area contributed by atoms with Gasteiger partial charge in [0.1, 0.15) is 18.7 Å². The van der Waals surface area contributed by atoms with Crippen LogP contribution in [0.25, 0.3) is 0 Å². The Labute approximate surface area is 202 Å². The molecule has 2 fully saturated rings. The first kappa shape index (κ1) is 27.4. The van der Waals surface area contributed by atoms with Crippen molar-refractivity contribution in [1.29, 1.82) is 0 Å². The molecule has 0 aromatic heterocycles. The summed E-state index contributed by atoms with van der Waals surface area (Å²) in [4.78, 5) is 52.2. The fourth-order valence-electron chi connectivity index (χ4n) is 3.77. The summed E-state index contributed by atoms with van der Waals surface area (Å²) in [5.41, 5.74) is -0.618. The number of nitrogens with one attached hydrogen (secondary N) is 1. The summed E-state index contributed by atoms with van der Waals surface area (Å²) in [5, 5.41) is 2.20. The van der Waals surface area contributed by atoms with Crippen LogP contribution in [0.5, 0.6) is 0 Å². The van der Waals surface area contributed by atoms with E-state index in [4.69, 9.17) is 9.47 Å². The molecule has 0 unspecified atom stereocenters. The second kappa shape index (κ2) is 13.2. The van der Waals surface area contributed by atoms with Gasteiger partial charge in [-0.2, -0.15) is 0 Å². The number of amides is 4. The minimum absolute atomic E-state index is 0.000898. The molecule has 190 valence electrons. The van der Waals surface area contributed by atoms with Crippen LogP contribution in [0.15, 0.2) is 23.6 Å². The number of carbonyl (C=O) groups is 4. The molecule has 0 bridgehead atoms. The highest BCUT2D eigenvalue weighted by Crippen LogP contribution is 2.29. The van der Waals surface area contributed by atoms with Gasteiger partial charge < -0.3 is 14.4 Å². The Morgan fingerprint density at radius 3 is 2.41 bits per heavy atom. The fraction of sp³-hybridized carbons (Fsp3) is 0.680. The second-order valence-corrected chi connectivity index (χ2v) is 9.33. The van der Waals surface area contributed by atoms with E-state index in [9.17, 15) is 19.2 Å². The number of nitrogens with zero attached hydrogens (tertiary/aromatic N) is 2. The molecule has 0 radical (unpaired) electrons. The third-order valence-corrected chi connectivity index (χ3v) is 5.93. The molecule has 2 aliphatic heterocycles. The van der Waals surface area contributed by atoms with Crippen molar-refractivity contribution in [2.45, 2.75) is 84.6 Å². The Bertz CT molecular complexity index is 817. The Morgan fingerprint density at radius 2 is 1.71 bits per heavy atom. The first-order chi connectivity index (χ1) is 16.2. The SMILES string of the molecule is CCCCCCCCOC(=O)CN1C(=CC=C2C(=O)NC(=O)N(CCCC)C2=O)OCC1(C)C. The summed E-state index contributed by atoms with van der Waals surface area (Å²) in [6, 6.07) is -0.707. The lowest BCUT2D eigenvalue weighted by Gasteiger charge is -2.29. The Morgan fingerprint density at radius 1 is 1.03 bits per heavy atom. The van der Waals surface area contributed by atoms with E-state index >= 15 is 0 Å². The lowest BCUT2D eigenvalue weighted by Crippen LogP contribution is -2.54. The van der Waals surface area contributed by atoms with Crippen molar-refractivity contribution in [2.75, 3.05) is 26.3 Å². The van der Waals surface area contributed by atoms with Crippen molar-refractivity contribution >= 4 is 23.8 Å². The highest BCUT2D eigenvalue weighted by molar-refractivity contribution is 6.28. The van der Waals surface area contributed by atoms with E-state index in [-0.39, 0.29) is 24.6 Å². The molecule has 0 aliphatic carbocycles. The van der Waals surface area contributed by atoms with Crippen molar-refractivity contribution in [1.82, 2.24) is 15.1 Å². The summed E-state index contributed by atoms with van der Waals surface area (Å²) in [7, 11) is 0. The first-order valence-corrected chi connectivity index (χ1v) is 12.4. The van der Waals surface area contributed by atoms with Crippen molar-refractivity contribution in [3.63, 3.8) is 0 Å². The zero-order chi connectivity index (χ0) is 25.1. The number of ether oxygens (including phenoxy) is 2. The highest BCUT2D eigenvalue weighted by atomic mass is 16.5. The quantitative estimate of drug-likeness (QED) is 0.187. The maximum atomic E-state index is 12.7. The van der Waals surface area contributed by atoms with E-state index in [2.05, 4.69) is 12.2 Å². The number of rotatable bonds is 13. The number of allylic oxidation sites excluding steroid dienone is 2. The van der Waals surface area contributed by atoms with Gasteiger partial charge in [-0.3, -0.25) is 24.6 Å². The lowest BCUT2D eigenvalue weighted by atomic mass is 10.1. The molecule has 1 N–H and O–H groups in total. The van der Waals surface area contributed by atoms with Gasteiger partial charge in [0.2, 0.25) is 0 Å². The van der Waals surface area contributed by atoms with E-state index in [1.54, 1.807) is 4.90 Å². The molecular formula is C25H39N3O6. The van der Waals surface area contributed by atoms with Crippen molar-refractivity contribution < 1.29 is 28.7 Å². The number of urea groups is 1. The van der Waals surface area contributed by atoms with Crippen molar-refractivity contribution in [3.05, 3.63) is 23.6 Å². The number of esters is 1. The minimum Gasteiger partial charge on any atom is -0.477 e. The van der Waals surface area contributed by atoms with Crippen LogP contribution in [0.3, 0.4) is 0 Å². The number of barbiturate groups is 1. The van der Waals surface area contributed by atoms with Gasteiger partial charge in [-0.15, -0.1) is 0 Å². The average Bonchev–Trinajstić information content (AvgIpc) is 3.06. The van der Waals surface area contributed by atoms with Crippen LogP contribution in [0.1, 0.15) is 79.1 Å². The Kier molecular flexibility index (Phi) is 10.6. The second-order valence-electron chi connectivity index (χ2n) is 9.33. The van der Waals surface area contributed by atoms with Crippen LogP contribution in [-0.4, -0.2) is 65.5 Å². The van der Waals surface area contributed by atoms with Gasteiger partial charge in [0.05, 0.1) is 12.1 Å². The molecule has 0 atom stereocenters. The maximum absolute atomic E-state index is 12.7. The molecule has 0 aromatic carbocycles. The standard InChI is InChI=1S/C25H39N3O6/c1-5-7-9-10-11-12-16-33-21(29)17-28-20(34-18-25(28,3)4)14-13-19-22(30)26-24(32)27(23(19)31)15-8-6-2/h13-14H,5-12,15-18H2,1-4H3,(H,26,30,32). The van der Waals surface area contributed by atoms with Crippen molar-refractivity contribution in [3.8, 4) is 0 Å². The van der Waals surface area contributed by atoms with Gasteiger partial charge in [0.15, 0.2) is 5.88 Å². The van der Waals surface area contributed by atoms with Crippen LogP contribution in [0, 0.1) is 0 Å². The number of unbranched alkanes of at least 4 members (excludes halogenated alkanes) is 6. The fourth-order valence-corrected chi connectivity index (χ4v) is 3.77. The van der Waals surface area contributed by atoms with E-state index in [0.29, 0.717) is 25.5 Å². The van der Waals surface area contributed by atoms with Crippen LogP contribution >= 0.6 is 0 Å². The molecule has 4 amide bonds. The zero-order valence-corrected chi connectivity index (χ0v) is 21.0. The van der Waals surface area contributed by atoms with Crippen LogP contribution in [0.4, 0.5) is 4.79 Å². The monoisotopic (exact) mass is 477 g/mol. The molecule has 0 spiro atoms. The largest absolute Gasteiger partial charge is 0.477 e. The average molecular weight is 478 g/mol. The smallest absolute Gasteiger partial charge is 0.331 e. The molecule has 0 saturated carbocycles.